The highest BCUT2D eigenvalue weighted by Crippen LogP contribution is 2.34. The van der Waals surface area contributed by atoms with E-state index < -0.39 is 23.7 Å². The summed E-state index contributed by atoms with van der Waals surface area (Å²) in [5.41, 5.74) is 1.92. The van der Waals surface area contributed by atoms with Gasteiger partial charge >= 0.3 is 6.09 Å². The molecule has 3 heterocycles. The van der Waals surface area contributed by atoms with E-state index >= 15 is 0 Å². The van der Waals surface area contributed by atoms with Crippen LogP contribution in [-0.2, 0) is 21.4 Å². The van der Waals surface area contributed by atoms with Gasteiger partial charge in [0.05, 0.1) is 29.8 Å². The van der Waals surface area contributed by atoms with Crippen LogP contribution >= 0.6 is 0 Å². The molecule has 3 atom stereocenters. The Balaban J connectivity index is 1.54. The zero-order valence-electron chi connectivity index (χ0n) is 18.9. The quantitative estimate of drug-likeness (QED) is 0.689. The van der Waals surface area contributed by atoms with Crippen LogP contribution in [0.3, 0.4) is 0 Å². The monoisotopic (exact) mass is 442 g/mol. The lowest BCUT2D eigenvalue weighted by Crippen LogP contribution is -2.47. The molecule has 2 aliphatic heterocycles. The Morgan fingerprint density at radius 2 is 2.00 bits per heavy atom. The van der Waals surface area contributed by atoms with Gasteiger partial charge in [-0.05, 0) is 45.2 Å². The van der Waals surface area contributed by atoms with Crippen LogP contribution in [-0.4, -0.2) is 62.5 Å². The van der Waals surface area contributed by atoms with E-state index in [2.05, 4.69) is 10.4 Å². The maximum absolute atomic E-state index is 12.3. The predicted molar refractivity (Wildman–Crippen MR) is 117 cm³/mol. The molecule has 0 saturated carbocycles. The molecule has 0 radical (unpaired) electrons. The molecule has 2 aliphatic rings. The van der Waals surface area contributed by atoms with Crippen molar-refractivity contribution in [2.24, 2.45) is 7.05 Å². The summed E-state index contributed by atoms with van der Waals surface area (Å²) in [6.45, 7) is 6.17. The van der Waals surface area contributed by atoms with Crippen molar-refractivity contribution < 1.29 is 24.2 Å². The smallest absolute Gasteiger partial charge is 0.410 e. The van der Waals surface area contributed by atoms with Crippen molar-refractivity contribution in [1.29, 1.82) is 0 Å². The lowest BCUT2D eigenvalue weighted by Gasteiger charge is -2.37. The van der Waals surface area contributed by atoms with Crippen LogP contribution in [0.5, 0.6) is 0 Å². The Morgan fingerprint density at radius 3 is 2.66 bits per heavy atom. The number of fused-ring (bicyclic) bond motifs is 1. The van der Waals surface area contributed by atoms with Crippen molar-refractivity contribution in [1.82, 2.24) is 20.0 Å². The second-order valence-electron chi connectivity index (χ2n) is 9.68. The number of hydrogen-bond donors (Lipinski definition) is 2. The second-order valence-corrected chi connectivity index (χ2v) is 9.68. The number of hydrogen-bond acceptors (Lipinski definition) is 6. The van der Waals surface area contributed by atoms with Crippen LogP contribution in [0, 0.1) is 0 Å². The SMILES string of the molecule is Cn1nc(C2CCC(=O)NC2=O)c2ccc(C3CCN(C(=O)OC(C)(C)C)CC3O)cc21. The van der Waals surface area contributed by atoms with E-state index in [1.165, 1.54) is 0 Å². The molecule has 2 saturated heterocycles. The number of imide groups is 1. The van der Waals surface area contributed by atoms with Gasteiger partial charge in [0.2, 0.25) is 11.8 Å². The van der Waals surface area contributed by atoms with Crippen LogP contribution in [0.15, 0.2) is 18.2 Å². The number of aliphatic hydroxyl groups is 1. The highest BCUT2D eigenvalue weighted by molar-refractivity contribution is 6.02. The molecule has 0 bridgehead atoms. The minimum Gasteiger partial charge on any atom is -0.444 e. The Kier molecular flexibility index (Phi) is 5.70. The molecule has 32 heavy (non-hydrogen) atoms. The van der Waals surface area contributed by atoms with E-state index in [1.807, 2.05) is 46.0 Å². The molecule has 4 rings (SSSR count). The van der Waals surface area contributed by atoms with Gasteiger partial charge in [-0.1, -0.05) is 12.1 Å². The average molecular weight is 443 g/mol. The van der Waals surface area contributed by atoms with Gasteiger partial charge in [-0.3, -0.25) is 19.6 Å². The fourth-order valence-corrected chi connectivity index (χ4v) is 4.56. The number of aromatic nitrogens is 2. The summed E-state index contributed by atoms with van der Waals surface area (Å²) < 4.78 is 7.16. The van der Waals surface area contributed by atoms with Crippen molar-refractivity contribution >= 4 is 28.8 Å². The first-order valence-corrected chi connectivity index (χ1v) is 11.0. The number of β-amino-alcohol motifs (C(OH)–C–C–N with tert-alkyl or cyclic N) is 1. The number of ether oxygens (including phenoxy) is 1. The normalized spacial score (nSPS) is 24.5. The average Bonchev–Trinajstić information content (AvgIpc) is 3.02. The highest BCUT2D eigenvalue weighted by atomic mass is 16.6. The van der Waals surface area contributed by atoms with Crippen molar-refractivity contribution in [2.45, 2.75) is 63.6 Å². The summed E-state index contributed by atoms with van der Waals surface area (Å²) in [6, 6.07) is 5.88. The number of likely N-dealkylation sites (tertiary alicyclic amines) is 1. The number of nitrogens with zero attached hydrogens (tertiary/aromatic N) is 3. The standard InChI is InChI=1S/C23H30N4O5/c1-23(2,3)32-22(31)27-10-9-14(18(28)12-27)13-5-6-15-17(11-13)26(4)25-20(15)16-7-8-19(29)24-21(16)30/h5-6,11,14,16,18,28H,7-10,12H2,1-4H3,(H,24,29,30). The van der Waals surface area contributed by atoms with Crippen LogP contribution in [0.2, 0.25) is 0 Å². The molecule has 9 heteroatoms. The third-order valence-corrected chi connectivity index (χ3v) is 6.14. The number of amides is 3. The molecule has 9 nitrogen and oxygen atoms in total. The molecule has 2 N–H and O–H groups in total. The third-order valence-electron chi connectivity index (χ3n) is 6.14. The first-order chi connectivity index (χ1) is 15.0. The summed E-state index contributed by atoms with van der Waals surface area (Å²) in [7, 11) is 1.82. The molecule has 1 aromatic carbocycles. The van der Waals surface area contributed by atoms with Crippen LogP contribution in [0.4, 0.5) is 4.79 Å². The minimum absolute atomic E-state index is 0.118. The van der Waals surface area contributed by atoms with Crippen LogP contribution < -0.4 is 5.32 Å². The Labute approximate surface area is 186 Å². The number of benzene rings is 1. The Hall–Kier alpha value is -2.94. The van der Waals surface area contributed by atoms with E-state index in [0.717, 1.165) is 16.5 Å². The highest BCUT2D eigenvalue weighted by Gasteiger charge is 2.35. The zero-order valence-corrected chi connectivity index (χ0v) is 18.9. The van der Waals surface area contributed by atoms with Gasteiger partial charge in [0.1, 0.15) is 5.60 Å². The molecule has 3 unspecified atom stereocenters. The van der Waals surface area contributed by atoms with Gasteiger partial charge in [0.25, 0.3) is 0 Å². The summed E-state index contributed by atoms with van der Waals surface area (Å²) in [5.74, 6) is -1.13. The summed E-state index contributed by atoms with van der Waals surface area (Å²) in [5, 5.41) is 18.6. The molecule has 1 aromatic heterocycles. The van der Waals surface area contributed by atoms with E-state index in [4.69, 9.17) is 4.74 Å². The largest absolute Gasteiger partial charge is 0.444 e. The van der Waals surface area contributed by atoms with Gasteiger partial charge in [-0.15, -0.1) is 0 Å². The van der Waals surface area contributed by atoms with E-state index in [0.29, 0.717) is 31.5 Å². The van der Waals surface area contributed by atoms with Gasteiger partial charge in [0.15, 0.2) is 0 Å². The fourth-order valence-electron chi connectivity index (χ4n) is 4.56. The molecular formula is C23H30N4O5. The zero-order chi connectivity index (χ0) is 23.2. The third kappa shape index (κ3) is 4.34. The molecule has 2 aromatic rings. The number of aryl methyl sites for hydroxylation is 1. The number of rotatable bonds is 2. The van der Waals surface area contributed by atoms with Crippen molar-refractivity contribution in [2.75, 3.05) is 13.1 Å². The molecule has 2 fully saturated rings. The maximum Gasteiger partial charge on any atom is 0.410 e. The van der Waals surface area contributed by atoms with E-state index in [-0.39, 0.29) is 24.3 Å². The molecule has 3 amide bonds. The molecule has 172 valence electrons. The van der Waals surface area contributed by atoms with Crippen molar-refractivity contribution in [3.63, 3.8) is 0 Å². The van der Waals surface area contributed by atoms with Crippen LogP contribution in [0.1, 0.15) is 63.1 Å². The lowest BCUT2D eigenvalue weighted by atomic mass is 9.86. The van der Waals surface area contributed by atoms with Crippen molar-refractivity contribution in [3.8, 4) is 0 Å². The van der Waals surface area contributed by atoms with Gasteiger partial charge < -0.3 is 14.7 Å². The summed E-state index contributed by atoms with van der Waals surface area (Å²) in [4.78, 5) is 37.7. The predicted octanol–water partition coefficient (Wildman–Crippen LogP) is 2.18. The molecular weight excluding hydrogens is 412 g/mol. The number of carbonyl (C=O) groups excluding carboxylic acids is 3. The number of piperidine rings is 2. The first kappa shape index (κ1) is 22.3. The van der Waals surface area contributed by atoms with Crippen LogP contribution in [0.25, 0.3) is 10.9 Å². The summed E-state index contributed by atoms with van der Waals surface area (Å²) >= 11 is 0. The van der Waals surface area contributed by atoms with E-state index in [1.54, 1.807) is 9.58 Å². The van der Waals surface area contributed by atoms with Gasteiger partial charge in [-0.25, -0.2) is 4.79 Å². The van der Waals surface area contributed by atoms with E-state index in [9.17, 15) is 19.5 Å². The number of aliphatic hydroxyl groups excluding tert-OH is 1. The van der Waals surface area contributed by atoms with Crippen molar-refractivity contribution in [3.05, 3.63) is 29.5 Å². The maximum atomic E-state index is 12.3. The Bertz CT molecular complexity index is 1070. The lowest BCUT2D eigenvalue weighted by molar-refractivity contribution is -0.134. The summed E-state index contributed by atoms with van der Waals surface area (Å²) in [6.07, 6.45) is 0.238. The Morgan fingerprint density at radius 1 is 1.25 bits per heavy atom. The molecule has 0 aliphatic carbocycles. The topological polar surface area (TPSA) is 114 Å². The number of nitrogens with one attached hydrogen (secondary N) is 1. The second kappa shape index (κ2) is 8.20. The van der Waals surface area contributed by atoms with Gasteiger partial charge in [0, 0.05) is 31.3 Å². The fraction of sp³-hybridized carbons (Fsp3) is 0.565. The first-order valence-electron chi connectivity index (χ1n) is 11.0. The number of carbonyl (C=O) groups is 3. The van der Waals surface area contributed by atoms with Gasteiger partial charge in [-0.2, -0.15) is 5.10 Å². The minimum atomic E-state index is -0.712. The molecule has 0 spiro atoms.